The minimum atomic E-state index is -0.184. The predicted octanol–water partition coefficient (Wildman–Crippen LogP) is 2.73. The molecule has 1 aromatic carbocycles. The summed E-state index contributed by atoms with van der Waals surface area (Å²) in [5.41, 5.74) is 0.866. The first-order chi connectivity index (χ1) is 7.53. The third kappa shape index (κ3) is 4.73. The minimum absolute atomic E-state index is 0.102. The molecule has 1 aromatic rings. The van der Waals surface area contributed by atoms with Gasteiger partial charge in [0.2, 0.25) is 0 Å². The summed E-state index contributed by atoms with van der Waals surface area (Å²) < 4.78 is 18.2. The molecule has 0 aliphatic heterocycles. The highest BCUT2D eigenvalue weighted by atomic mass is 19.1. The van der Waals surface area contributed by atoms with Crippen molar-refractivity contribution in [3.8, 4) is 0 Å². The first-order valence-corrected chi connectivity index (χ1v) is 5.54. The largest absolute Gasteiger partial charge is 0.379 e. The number of hydrogen-bond donors (Lipinski definition) is 1. The Hall–Kier alpha value is -0.930. The molecule has 0 heterocycles. The fourth-order valence-electron chi connectivity index (χ4n) is 1.37. The van der Waals surface area contributed by atoms with E-state index < -0.39 is 0 Å². The van der Waals surface area contributed by atoms with Crippen LogP contribution in [0.25, 0.3) is 0 Å². The molecule has 0 fully saturated rings. The zero-order chi connectivity index (χ0) is 12.0. The Balaban J connectivity index is 2.26. The third-order valence-corrected chi connectivity index (χ3v) is 2.67. The number of methoxy groups -OCH3 is 1. The lowest BCUT2D eigenvalue weighted by Gasteiger charge is -2.22. The lowest BCUT2D eigenvalue weighted by atomic mass is 10.1. The van der Waals surface area contributed by atoms with E-state index in [4.69, 9.17) is 4.74 Å². The number of ether oxygens (including phenoxy) is 1. The van der Waals surface area contributed by atoms with Crippen molar-refractivity contribution in [3.05, 3.63) is 35.6 Å². The molecule has 3 heteroatoms. The number of benzene rings is 1. The van der Waals surface area contributed by atoms with Crippen molar-refractivity contribution >= 4 is 0 Å². The van der Waals surface area contributed by atoms with Gasteiger partial charge in [0.15, 0.2) is 0 Å². The Morgan fingerprint density at radius 3 is 2.75 bits per heavy atom. The van der Waals surface area contributed by atoms with E-state index in [2.05, 4.69) is 19.2 Å². The van der Waals surface area contributed by atoms with Crippen LogP contribution in [0.3, 0.4) is 0 Å². The van der Waals surface area contributed by atoms with E-state index in [9.17, 15) is 4.39 Å². The zero-order valence-electron chi connectivity index (χ0n) is 10.2. The van der Waals surface area contributed by atoms with Gasteiger partial charge in [-0.3, -0.25) is 0 Å². The molecule has 0 saturated heterocycles. The van der Waals surface area contributed by atoms with Crippen molar-refractivity contribution in [2.45, 2.75) is 32.4 Å². The molecule has 0 atom stereocenters. The maximum absolute atomic E-state index is 12.9. The van der Waals surface area contributed by atoms with Gasteiger partial charge in [-0.25, -0.2) is 4.39 Å². The molecule has 1 rings (SSSR count). The number of hydrogen-bond acceptors (Lipinski definition) is 2. The summed E-state index contributed by atoms with van der Waals surface area (Å²) in [7, 11) is 1.71. The normalized spacial score (nSPS) is 11.8. The maximum atomic E-state index is 12.9. The van der Waals surface area contributed by atoms with Gasteiger partial charge in [-0.15, -0.1) is 0 Å². The molecule has 0 saturated carbocycles. The van der Waals surface area contributed by atoms with Crippen LogP contribution in [0.4, 0.5) is 4.39 Å². The lowest BCUT2D eigenvalue weighted by Crippen LogP contribution is -2.28. The fraction of sp³-hybridized carbons (Fsp3) is 0.538. The first kappa shape index (κ1) is 13.1. The van der Waals surface area contributed by atoms with Crippen molar-refractivity contribution in [2.24, 2.45) is 0 Å². The van der Waals surface area contributed by atoms with E-state index in [1.807, 2.05) is 6.07 Å². The Labute approximate surface area is 96.8 Å². The fourth-order valence-corrected chi connectivity index (χ4v) is 1.37. The average Bonchev–Trinajstić information content (AvgIpc) is 2.25. The summed E-state index contributed by atoms with van der Waals surface area (Å²) in [5, 5.41) is 3.27. The summed E-state index contributed by atoms with van der Waals surface area (Å²) in [6.07, 6.45) is 0.929. The Morgan fingerprint density at radius 2 is 2.12 bits per heavy atom. The topological polar surface area (TPSA) is 21.3 Å². The van der Waals surface area contributed by atoms with Crippen LogP contribution in [0.5, 0.6) is 0 Å². The minimum Gasteiger partial charge on any atom is -0.379 e. The smallest absolute Gasteiger partial charge is 0.123 e. The van der Waals surface area contributed by atoms with E-state index >= 15 is 0 Å². The van der Waals surface area contributed by atoms with Crippen molar-refractivity contribution in [3.63, 3.8) is 0 Å². The van der Waals surface area contributed by atoms with E-state index in [0.717, 1.165) is 18.5 Å². The molecular formula is C13H20FNO. The molecule has 16 heavy (non-hydrogen) atoms. The van der Waals surface area contributed by atoms with Gasteiger partial charge in [0.25, 0.3) is 0 Å². The predicted molar refractivity (Wildman–Crippen MR) is 63.8 cm³/mol. The summed E-state index contributed by atoms with van der Waals surface area (Å²) in [6.45, 7) is 5.66. The van der Waals surface area contributed by atoms with Crippen LogP contribution in [-0.4, -0.2) is 19.3 Å². The molecular weight excluding hydrogens is 205 g/mol. The Morgan fingerprint density at radius 1 is 1.38 bits per heavy atom. The molecule has 1 N–H and O–H groups in total. The maximum Gasteiger partial charge on any atom is 0.123 e. The lowest BCUT2D eigenvalue weighted by molar-refractivity contribution is 0.0158. The molecule has 0 radical (unpaired) electrons. The number of nitrogens with one attached hydrogen (secondary N) is 1. The summed E-state index contributed by atoms with van der Waals surface area (Å²) in [6, 6.07) is 6.65. The van der Waals surface area contributed by atoms with Crippen LogP contribution in [0.15, 0.2) is 24.3 Å². The second-order valence-corrected chi connectivity index (χ2v) is 4.52. The molecule has 0 aliphatic carbocycles. The molecule has 0 aliphatic rings. The standard InChI is InChI=1S/C13H20FNO/c1-13(2,16-3)7-8-15-10-11-5-4-6-12(14)9-11/h4-6,9,15H,7-8,10H2,1-3H3. The molecule has 0 bridgehead atoms. The molecule has 0 aromatic heterocycles. The van der Waals surface area contributed by atoms with Gasteiger partial charge in [-0.1, -0.05) is 12.1 Å². The van der Waals surface area contributed by atoms with E-state index in [-0.39, 0.29) is 11.4 Å². The molecule has 2 nitrogen and oxygen atoms in total. The van der Waals surface area contributed by atoms with Crippen molar-refractivity contribution in [2.75, 3.05) is 13.7 Å². The summed E-state index contributed by atoms with van der Waals surface area (Å²) in [4.78, 5) is 0. The van der Waals surface area contributed by atoms with Gasteiger partial charge in [0, 0.05) is 13.7 Å². The van der Waals surface area contributed by atoms with Gasteiger partial charge in [0.1, 0.15) is 5.82 Å². The highest BCUT2D eigenvalue weighted by Gasteiger charge is 2.14. The van der Waals surface area contributed by atoms with Crippen LogP contribution in [-0.2, 0) is 11.3 Å². The average molecular weight is 225 g/mol. The van der Waals surface area contributed by atoms with Crippen LogP contribution in [0.2, 0.25) is 0 Å². The van der Waals surface area contributed by atoms with Crippen LogP contribution < -0.4 is 5.32 Å². The van der Waals surface area contributed by atoms with Gasteiger partial charge < -0.3 is 10.1 Å². The third-order valence-electron chi connectivity index (χ3n) is 2.67. The van der Waals surface area contributed by atoms with Gasteiger partial charge >= 0.3 is 0 Å². The van der Waals surface area contributed by atoms with Crippen molar-refractivity contribution < 1.29 is 9.13 Å². The second kappa shape index (κ2) is 5.97. The molecule has 0 amide bonds. The zero-order valence-corrected chi connectivity index (χ0v) is 10.2. The van der Waals surface area contributed by atoms with E-state index in [1.54, 1.807) is 19.2 Å². The number of halogens is 1. The Kier molecular flexibility index (Phi) is 4.90. The summed E-state index contributed by atoms with van der Waals surface area (Å²) >= 11 is 0. The monoisotopic (exact) mass is 225 g/mol. The highest BCUT2D eigenvalue weighted by Crippen LogP contribution is 2.11. The Bertz CT molecular complexity index is 325. The highest BCUT2D eigenvalue weighted by molar-refractivity contribution is 5.15. The van der Waals surface area contributed by atoms with Crippen LogP contribution in [0, 0.1) is 5.82 Å². The van der Waals surface area contributed by atoms with E-state index in [1.165, 1.54) is 6.07 Å². The molecule has 0 unspecified atom stereocenters. The first-order valence-electron chi connectivity index (χ1n) is 5.54. The van der Waals surface area contributed by atoms with Crippen LogP contribution in [0.1, 0.15) is 25.8 Å². The number of rotatable bonds is 6. The van der Waals surface area contributed by atoms with Gasteiger partial charge in [-0.2, -0.15) is 0 Å². The molecule has 0 spiro atoms. The quantitative estimate of drug-likeness (QED) is 0.752. The van der Waals surface area contributed by atoms with Crippen molar-refractivity contribution in [1.29, 1.82) is 0 Å². The van der Waals surface area contributed by atoms with E-state index in [0.29, 0.717) is 6.54 Å². The second-order valence-electron chi connectivity index (χ2n) is 4.52. The van der Waals surface area contributed by atoms with Crippen molar-refractivity contribution in [1.82, 2.24) is 5.32 Å². The summed E-state index contributed by atoms with van der Waals surface area (Å²) in [5.74, 6) is -0.184. The van der Waals surface area contributed by atoms with Gasteiger partial charge in [-0.05, 0) is 44.5 Å². The van der Waals surface area contributed by atoms with Gasteiger partial charge in [0.05, 0.1) is 5.60 Å². The molecule has 90 valence electrons. The SMILES string of the molecule is COC(C)(C)CCNCc1cccc(F)c1. The van der Waals surface area contributed by atoms with Crippen LogP contribution >= 0.6 is 0 Å².